The topological polar surface area (TPSA) is 42.7 Å². The minimum atomic E-state index is 0.724. The third-order valence-corrected chi connectivity index (χ3v) is 5.12. The third-order valence-electron chi connectivity index (χ3n) is 3.79. The van der Waals surface area contributed by atoms with E-state index < -0.39 is 0 Å². The fourth-order valence-corrected chi connectivity index (χ4v) is 3.74. The van der Waals surface area contributed by atoms with E-state index in [0.29, 0.717) is 0 Å². The number of thioether (sulfide) groups is 1. The van der Waals surface area contributed by atoms with Crippen molar-refractivity contribution in [3.05, 3.63) is 52.9 Å². The number of pyridine rings is 1. The van der Waals surface area contributed by atoms with E-state index in [1.165, 1.54) is 10.6 Å². The normalized spacial score (nSPS) is 14.2. The van der Waals surface area contributed by atoms with Gasteiger partial charge in [-0.15, -0.1) is 11.8 Å². The summed E-state index contributed by atoms with van der Waals surface area (Å²) >= 11 is 7.83. The molecule has 0 atom stereocenters. The molecule has 2 aromatic heterocycles. The molecule has 4 rings (SSSR count). The number of nitrogens with zero attached hydrogens (tertiary/aromatic N) is 3. The highest BCUT2D eigenvalue weighted by Crippen LogP contribution is 2.27. The molecule has 0 amide bonds. The summed E-state index contributed by atoms with van der Waals surface area (Å²) in [5.74, 6) is 0.834. The molecule has 112 valence electrons. The highest BCUT2D eigenvalue weighted by molar-refractivity contribution is 7.98. The van der Waals surface area contributed by atoms with Crippen LogP contribution in [-0.2, 0) is 18.8 Å². The average molecular weight is 331 g/mol. The SMILES string of the molecule is Clc1ccc2ccc(CSc3cnn4c3CNCC4)nc2c1. The second-order valence-corrected chi connectivity index (χ2v) is 6.74. The summed E-state index contributed by atoms with van der Waals surface area (Å²) in [6.07, 6.45) is 1.96. The molecule has 3 aromatic rings. The second kappa shape index (κ2) is 5.91. The summed E-state index contributed by atoms with van der Waals surface area (Å²) in [4.78, 5) is 5.94. The molecule has 0 bridgehead atoms. The van der Waals surface area contributed by atoms with E-state index >= 15 is 0 Å². The van der Waals surface area contributed by atoms with Crippen LogP contribution in [-0.4, -0.2) is 21.3 Å². The summed E-state index contributed by atoms with van der Waals surface area (Å²) in [6.45, 7) is 2.83. The van der Waals surface area contributed by atoms with E-state index in [1.807, 2.05) is 24.4 Å². The van der Waals surface area contributed by atoms with Gasteiger partial charge in [0.2, 0.25) is 0 Å². The number of hydrogen-bond donors (Lipinski definition) is 1. The maximum atomic E-state index is 6.05. The standard InChI is InChI=1S/C16H15ClN4S/c17-12-3-1-11-2-4-13(20-14(11)7-12)10-22-16-9-19-21-6-5-18-8-15(16)21/h1-4,7,9,18H,5-6,8,10H2. The van der Waals surface area contributed by atoms with Gasteiger partial charge in [0.1, 0.15) is 0 Å². The van der Waals surface area contributed by atoms with Gasteiger partial charge in [-0.1, -0.05) is 23.7 Å². The minimum Gasteiger partial charge on any atom is -0.309 e. The van der Waals surface area contributed by atoms with Crippen LogP contribution >= 0.6 is 23.4 Å². The van der Waals surface area contributed by atoms with E-state index in [0.717, 1.165) is 47.0 Å². The Kier molecular flexibility index (Phi) is 3.78. The van der Waals surface area contributed by atoms with Crippen molar-refractivity contribution in [1.82, 2.24) is 20.1 Å². The van der Waals surface area contributed by atoms with Crippen LogP contribution in [0.25, 0.3) is 10.9 Å². The lowest BCUT2D eigenvalue weighted by atomic mass is 10.2. The molecule has 6 heteroatoms. The largest absolute Gasteiger partial charge is 0.309 e. The maximum absolute atomic E-state index is 6.05. The van der Waals surface area contributed by atoms with Crippen LogP contribution < -0.4 is 5.32 Å². The molecule has 0 aliphatic carbocycles. The summed E-state index contributed by atoms with van der Waals surface area (Å²) in [7, 11) is 0. The van der Waals surface area contributed by atoms with Gasteiger partial charge in [-0.2, -0.15) is 5.10 Å². The molecule has 22 heavy (non-hydrogen) atoms. The van der Waals surface area contributed by atoms with Crippen molar-refractivity contribution in [3.8, 4) is 0 Å². The van der Waals surface area contributed by atoms with Gasteiger partial charge in [0.25, 0.3) is 0 Å². The molecule has 0 spiro atoms. The Labute approximate surface area is 137 Å². The number of benzene rings is 1. The van der Waals surface area contributed by atoms with Crippen molar-refractivity contribution in [2.45, 2.75) is 23.7 Å². The Hall–Kier alpha value is -1.56. The third kappa shape index (κ3) is 2.72. The fourth-order valence-electron chi connectivity index (χ4n) is 2.64. The quantitative estimate of drug-likeness (QED) is 0.747. The Morgan fingerprint density at radius 2 is 2.18 bits per heavy atom. The molecule has 0 fully saturated rings. The van der Waals surface area contributed by atoms with Crippen LogP contribution in [0.3, 0.4) is 0 Å². The highest BCUT2D eigenvalue weighted by atomic mass is 35.5. The van der Waals surface area contributed by atoms with Crippen LogP contribution in [0.15, 0.2) is 41.4 Å². The first kappa shape index (κ1) is 14.1. The van der Waals surface area contributed by atoms with Gasteiger partial charge in [0.05, 0.1) is 34.5 Å². The number of aromatic nitrogens is 3. The number of rotatable bonds is 3. The van der Waals surface area contributed by atoms with E-state index in [2.05, 4.69) is 27.2 Å². The van der Waals surface area contributed by atoms with E-state index in [1.54, 1.807) is 11.8 Å². The molecule has 1 aliphatic heterocycles. The predicted molar refractivity (Wildman–Crippen MR) is 90.2 cm³/mol. The lowest BCUT2D eigenvalue weighted by Crippen LogP contribution is -2.28. The predicted octanol–water partition coefficient (Wildman–Crippen LogP) is 3.48. The van der Waals surface area contributed by atoms with E-state index in [4.69, 9.17) is 16.6 Å². The van der Waals surface area contributed by atoms with Gasteiger partial charge in [0, 0.05) is 29.3 Å². The molecule has 1 aliphatic rings. The van der Waals surface area contributed by atoms with Crippen LogP contribution in [0, 0.1) is 0 Å². The molecular weight excluding hydrogens is 316 g/mol. The molecule has 0 unspecified atom stereocenters. The first-order valence-electron chi connectivity index (χ1n) is 7.23. The average Bonchev–Trinajstić information content (AvgIpc) is 2.96. The first-order chi connectivity index (χ1) is 10.8. The highest BCUT2D eigenvalue weighted by Gasteiger charge is 2.14. The van der Waals surface area contributed by atoms with Crippen molar-refractivity contribution in [1.29, 1.82) is 0 Å². The summed E-state index contributed by atoms with van der Waals surface area (Å²) in [5, 5.41) is 9.68. The van der Waals surface area contributed by atoms with Gasteiger partial charge >= 0.3 is 0 Å². The Morgan fingerprint density at radius 3 is 3.14 bits per heavy atom. The van der Waals surface area contributed by atoms with E-state index in [-0.39, 0.29) is 0 Å². The van der Waals surface area contributed by atoms with Crippen molar-refractivity contribution in [3.63, 3.8) is 0 Å². The van der Waals surface area contributed by atoms with Crippen LogP contribution in [0.2, 0.25) is 5.02 Å². The van der Waals surface area contributed by atoms with Crippen LogP contribution in [0.4, 0.5) is 0 Å². The van der Waals surface area contributed by atoms with Gasteiger partial charge in [0.15, 0.2) is 0 Å². The van der Waals surface area contributed by atoms with Gasteiger partial charge < -0.3 is 5.32 Å². The summed E-state index contributed by atoms with van der Waals surface area (Å²) in [5.41, 5.74) is 3.29. The van der Waals surface area contributed by atoms with Gasteiger partial charge in [-0.05, 0) is 18.2 Å². The van der Waals surface area contributed by atoms with Crippen molar-refractivity contribution >= 4 is 34.3 Å². The Bertz CT molecular complexity index is 830. The number of fused-ring (bicyclic) bond motifs is 2. The Morgan fingerprint density at radius 1 is 1.27 bits per heavy atom. The van der Waals surface area contributed by atoms with Crippen LogP contribution in [0.1, 0.15) is 11.4 Å². The van der Waals surface area contributed by atoms with E-state index in [9.17, 15) is 0 Å². The second-order valence-electron chi connectivity index (χ2n) is 5.28. The summed E-state index contributed by atoms with van der Waals surface area (Å²) < 4.78 is 2.09. The minimum absolute atomic E-state index is 0.724. The molecular formula is C16H15ClN4S. The van der Waals surface area contributed by atoms with Crippen molar-refractivity contribution in [2.75, 3.05) is 6.54 Å². The zero-order chi connectivity index (χ0) is 14.9. The molecule has 3 heterocycles. The van der Waals surface area contributed by atoms with Crippen molar-refractivity contribution < 1.29 is 0 Å². The molecule has 0 saturated carbocycles. The van der Waals surface area contributed by atoms with Gasteiger partial charge in [-0.3, -0.25) is 9.67 Å². The Balaban J connectivity index is 1.55. The molecule has 4 nitrogen and oxygen atoms in total. The zero-order valence-corrected chi connectivity index (χ0v) is 13.5. The first-order valence-corrected chi connectivity index (χ1v) is 8.59. The van der Waals surface area contributed by atoms with Crippen molar-refractivity contribution in [2.24, 2.45) is 0 Å². The van der Waals surface area contributed by atoms with Gasteiger partial charge in [-0.25, -0.2) is 0 Å². The molecule has 1 N–H and O–H groups in total. The molecule has 0 radical (unpaired) electrons. The summed E-state index contributed by atoms with van der Waals surface area (Å²) in [6, 6.07) is 9.99. The fraction of sp³-hybridized carbons (Fsp3) is 0.250. The monoisotopic (exact) mass is 330 g/mol. The van der Waals surface area contributed by atoms with Crippen LogP contribution in [0.5, 0.6) is 0 Å². The number of halogens is 1. The lowest BCUT2D eigenvalue weighted by Gasteiger charge is -2.15. The zero-order valence-electron chi connectivity index (χ0n) is 11.9. The maximum Gasteiger partial charge on any atom is 0.0720 e. The molecule has 0 saturated heterocycles. The number of nitrogens with one attached hydrogen (secondary N) is 1. The number of hydrogen-bond acceptors (Lipinski definition) is 4. The smallest absolute Gasteiger partial charge is 0.0720 e. The lowest BCUT2D eigenvalue weighted by molar-refractivity contribution is 0.471. The molecule has 1 aromatic carbocycles.